The summed E-state index contributed by atoms with van der Waals surface area (Å²) in [6.45, 7) is 4.76. The van der Waals surface area contributed by atoms with Crippen LogP contribution in [0.4, 0.5) is 4.39 Å². The minimum atomic E-state index is -0.217. The Kier molecular flexibility index (Phi) is 9.33. The Morgan fingerprint density at radius 2 is 1.51 bits per heavy atom. The van der Waals surface area contributed by atoms with Crippen LogP contribution in [0.1, 0.15) is 19.4 Å². The number of allylic oxidation sites excluding steroid dienone is 2. The average Bonchev–Trinajstić information content (AvgIpc) is 3.45. The molecule has 0 bridgehead atoms. The number of benzene rings is 5. The number of aliphatic hydroxyl groups is 1. The number of carbonyl (C=O) groups excluding carboxylic acids is 1. The minimum absolute atomic E-state index is 0. The van der Waals surface area contributed by atoms with Gasteiger partial charge in [0, 0.05) is 48.8 Å². The molecule has 0 saturated heterocycles. The van der Waals surface area contributed by atoms with Crippen LogP contribution in [0, 0.1) is 18.8 Å². The molecular weight excluding hydrogens is 744 g/mol. The van der Waals surface area contributed by atoms with Crippen molar-refractivity contribution in [2.75, 3.05) is 0 Å². The molecule has 0 atom stereocenters. The third-order valence-electron chi connectivity index (χ3n) is 7.16. The summed E-state index contributed by atoms with van der Waals surface area (Å²) >= 11 is 0. The van der Waals surface area contributed by atoms with Crippen LogP contribution in [0.3, 0.4) is 0 Å². The zero-order valence-electron chi connectivity index (χ0n) is 24.8. The summed E-state index contributed by atoms with van der Waals surface area (Å²) in [5.74, 6) is 0.266. The number of pyridine rings is 1. The van der Waals surface area contributed by atoms with Crippen molar-refractivity contribution < 1.29 is 38.8 Å². The Balaban J connectivity index is 0.000000452. The number of ketones is 1. The third-order valence-corrected chi connectivity index (χ3v) is 7.16. The van der Waals surface area contributed by atoms with Crippen LogP contribution < -0.4 is 0 Å². The van der Waals surface area contributed by atoms with Crippen LogP contribution in [0.2, 0.25) is 0 Å². The molecule has 0 amide bonds. The molecule has 7 aromatic rings. The van der Waals surface area contributed by atoms with Crippen LogP contribution in [-0.4, -0.2) is 20.9 Å². The quantitative estimate of drug-likeness (QED) is 0.0835. The molecule has 1 N–H and O–H groups in total. The molecule has 0 spiro atoms. The number of aromatic nitrogens is 2. The molecule has 7 heteroatoms. The Morgan fingerprint density at radius 3 is 2.16 bits per heavy atom. The van der Waals surface area contributed by atoms with E-state index in [1.807, 2.05) is 79.7 Å². The number of hydrogen-bond acceptors (Lipinski definition) is 5. The zero-order chi connectivity index (χ0) is 30.8. The van der Waals surface area contributed by atoms with E-state index >= 15 is 0 Å². The number of hydrogen-bond donors (Lipinski definition) is 1. The molecule has 45 heavy (non-hydrogen) atoms. The number of rotatable bonds is 4. The van der Waals surface area contributed by atoms with Crippen molar-refractivity contribution in [2.45, 2.75) is 20.8 Å². The topological polar surface area (TPSA) is 76.2 Å². The Morgan fingerprint density at radius 1 is 0.844 bits per heavy atom. The molecule has 0 fully saturated rings. The SMILES string of the molecule is CC(=O)/C=C(/C)O.Cc1cc(F)c2ccc3c(-c4[c-]c5nc(-c6ccccc6)oc5c(-c5ccccc5)c4)nccc3c2c1.[Ir]. The maximum Gasteiger partial charge on any atom is 0.216 e. The van der Waals surface area contributed by atoms with Gasteiger partial charge in [-0.05, 0) is 78.0 Å². The van der Waals surface area contributed by atoms with Crippen LogP contribution in [0.5, 0.6) is 0 Å². The van der Waals surface area contributed by atoms with Crippen molar-refractivity contribution in [1.29, 1.82) is 0 Å². The molecule has 1 radical (unpaired) electrons. The van der Waals surface area contributed by atoms with Gasteiger partial charge in [0.15, 0.2) is 5.78 Å². The molecule has 5 nitrogen and oxygen atoms in total. The van der Waals surface area contributed by atoms with Crippen LogP contribution >= 0.6 is 0 Å². The number of oxazole rings is 1. The Labute approximate surface area is 273 Å². The summed E-state index contributed by atoms with van der Waals surface area (Å²) < 4.78 is 21.0. The van der Waals surface area contributed by atoms with E-state index in [9.17, 15) is 9.18 Å². The van der Waals surface area contributed by atoms with E-state index < -0.39 is 0 Å². The molecule has 0 unspecified atom stereocenters. The monoisotopic (exact) mass is 772 g/mol. The van der Waals surface area contributed by atoms with Crippen molar-refractivity contribution in [3.8, 4) is 33.8 Å². The average molecular weight is 772 g/mol. The van der Waals surface area contributed by atoms with E-state index in [1.54, 1.807) is 12.3 Å². The Hall–Kier alpha value is -4.97. The molecule has 2 heterocycles. The first-order valence-corrected chi connectivity index (χ1v) is 14.1. The van der Waals surface area contributed by atoms with Crippen LogP contribution in [0.25, 0.3) is 66.5 Å². The summed E-state index contributed by atoms with van der Waals surface area (Å²) in [5.41, 5.74) is 6.60. The fraction of sp³-hybridized carbons (Fsp3) is 0.0789. The second-order valence-corrected chi connectivity index (χ2v) is 10.6. The van der Waals surface area contributed by atoms with Crippen molar-refractivity contribution in [1.82, 2.24) is 9.97 Å². The minimum Gasteiger partial charge on any atom is -0.512 e. The first-order valence-electron chi connectivity index (χ1n) is 14.1. The Bertz CT molecular complexity index is 2190. The number of nitrogens with zero attached hydrogens (tertiary/aromatic N) is 2. The molecule has 0 saturated carbocycles. The first kappa shape index (κ1) is 31.5. The second kappa shape index (κ2) is 13.3. The van der Waals surface area contributed by atoms with E-state index in [-0.39, 0.29) is 37.5 Å². The molecule has 7 rings (SSSR count). The van der Waals surface area contributed by atoms with Crippen molar-refractivity contribution in [3.63, 3.8) is 0 Å². The van der Waals surface area contributed by atoms with Crippen molar-refractivity contribution >= 4 is 38.4 Å². The van der Waals surface area contributed by atoms with Crippen LogP contribution in [0.15, 0.2) is 120 Å². The number of aryl methyl sites for hydroxylation is 1. The predicted octanol–water partition coefficient (Wildman–Crippen LogP) is 9.81. The van der Waals surface area contributed by atoms with E-state index in [2.05, 4.69) is 24.3 Å². The summed E-state index contributed by atoms with van der Waals surface area (Å²) in [7, 11) is 0. The molecule has 0 aliphatic heterocycles. The van der Waals surface area contributed by atoms with Crippen molar-refractivity contribution in [3.05, 3.63) is 133 Å². The molecule has 225 valence electrons. The van der Waals surface area contributed by atoms with E-state index in [1.165, 1.54) is 19.9 Å². The van der Waals surface area contributed by atoms with Gasteiger partial charge in [-0.15, -0.1) is 17.7 Å². The predicted molar refractivity (Wildman–Crippen MR) is 174 cm³/mol. The molecule has 0 aliphatic carbocycles. The standard InChI is InChI=1S/C33H20FN2O.C5H8O2.Ir/c1-20-16-28-24-14-15-35-31(26(24)13-12-25(28)29(34)17-20)23-18-27(21-8-4-2-5-9-21)32-30(19-23)36-33(37-32)22-10-6-3-7-11-22;1-4(6)3-5(2)7;/h2-18H,1H3;3,6H,1-2H3;/q-1;;/b;4-3-;. The largest absolute Gasteiger partial charge is 0.512 e. The van der Waals surface area contributed by atoms with Gasteiger partial charge in [0.2, 0.25) is 5.89 Å². The van der Waals surface area contributed by atoms with Gasteiger partial charge in [-0.2, -0.15) is 0 Å². The van der Waals surface area contributed by atoms with Gasteiger partial charge in [-0.25, -0.2) is 9.37 Å². The van der Waals surface area contributed by atoms with Gasteiger partial charge in [-0.1, -0.05) is 72.3 Å². The number of halogens is 1. The van der Waals surface area contributed by atoms with Gasteiger partial charge >= 0.3 is 0 Å². The van der Waals surface area contributed by atoms with E-state index in [0.717, 1.165) is 49.7 Å². The van der Waals surface area contributed by atoms with Gasteiger partial charge in [-0.3, -0.25) is 4.79 Å². The molecule has 0 aliphatic rings. The van der Waals surface area contributed by atoms with Gasteiger partial charge in [0.1, 0.15) is 5.82 Å². The van der Waals surface area contributed by atoms with Crippen LogP contribution in [-0.2, 0) is 24.9 Å². The fourth-order valence-corrected chi connectivity index (χ4v) is 5.32. The van der Waals surface area contributed by atoms with Gasteiger partial charge < -0.3 is 14.5 Å². The summed E-state index contributed by atoms with van der Waals surface area (Å²) in [4.78, 5) is 19.6. The summed E-state index contributed by atoms with van der Waals surface area (Å²) in [6.07, 6.45) is 2.94. The number of fused-ring (bicyclic) bond motifs is 4. The fourth-order valence-electron chi connectivity index (χ4n) is 5.32. The molecular formula is C38H28FIrN2O3-. The summed E-state index contributed by atoms with van der Waals surface area (Å²) in [5, 5.41) is 11.7. The van der Waals surface area contributed by atoms with Gasteiger partial charge in [0.05, 0.1) is 11.3 Å². The van der Waals surface area contributed by atoms with Crippen molar-refractivity contribution in [2.24, 2.45) is 0 Å². The zero-order valence-corrected chi connectivity index (χ0v) is 27.2. The third kappa shape index (κ3) is 6.60. The maximum absolute atomic E-state index is 14.7. The van der Waals surface area contributed by atoms with E-state index in [0.29, 0.717) is 22.4 Å². The summed E-state index contributed by atoms with van der Waals surface area (Å²) in [6, 6.07) is 34.8. The maximum atomic E-state index is 14.7. The normalized spacial score (nSPS) is 11.2. The van der Waals surface area contributed by atoms with E-state index in [4.69, 9.17) is 19.5 Å². The van der Waals surface area contributed by atoms with Gasteiger partial charge in [0.25, 0.3) is 0 Å². The number of aliphatic hydroxyl groups excluding tert-OH is 1. The first-order chi connectivity index (χ1) is 21.3. The number of carbonyl (C=O) groups is 1. The smallest absolute Gasteiger partial charge is 0.216 e. The molecule has 5 aromatic carbocycles. The molecule has 2 aromatic heterocycles. The second-order valence-electron chi connectivity index (χ2n) is 10.6.